The summed E-state index contributed by atoms with van der Waals surface area (Å²) in [4.78, 5) is 3.53. The van der Waals surface area contributed by atoms with Gasteiger partial charge >= 0.3 is 0 Å². The van der Waals surface area contributed by atoms with Crippen molar-refractivity contribution >= 4 is 21.7 Å². The molecule has 3 nitrogen and oxygen atoms in total. The lowest BCUT2D eigenvalue weighted by Gasteiger charge is -2.27. The molecule has 0 aromatic carbocycles. The van der Waals surface area contributed by atoms with E-state index < -0.39 is 50.2 Å². The maximum atomic E-state index is 7.88. The van der Waals surface area contributed by atoms with E-state index in [4.69, 9.17) is 15.1 Å². The van der Waals surface area contributed by atoms with Gasteiger partial charge in [0, 0.05) is 23.6 Å². The first-order chi connectivity index (χ1) is 10.6. The highest BCUT2D eigenvalue weighted by Gasteiger charge is 2.11. The predicted molar refractivity (Wildman–Crippen MR) is 55.0 cm³/mol. The van der Waals surface area contributed by atoms with Gasteiger partial charge in [0.2, 0.25) is 0 Å². The molecule has 1 aliphatic rings. The van der Waals surface area contributed by atoms with Crippen LogP contribution in [0.2, 0.25) is 0 Å². The zero-order chi connectivity index (χ0) is 18.9. The molecular formula is C9H11BrN2O. The van der Waals surface area contributed by atoms with Gasteiger partial charge in [-0.25, -0.2) is 4.98 Å². The minimum Gasteiger partial charge on any atom is -0.378 e. The third-order valence-electron chi connectivity index (χ3n) is 1.17. The number of morpholine rings is 1. The normalized spacial score (nSPS) is 45.3. The Bertz CT molecular complexity index is 669. The largest absolute Gasteiger partial charge is 0.378 e. The zero-order valence-corrected chi connectivity index (χ0v) is 7.77. The molecule has 1 aromatic heterocycles. The van der Waals surface area contributed by atoms with Gasteiger partial charge in [0.15, 0.2) is 0 Å². The fourth-order valence-corrected chi connectivity index (χ4v) is 0.859. The number of rotatable bonds is 1. The van der Waals surface area contributed by atoms with Crippen LogP contribution in [0.15, 0.2) is 22.7 Å². The third kappa shape index (κ3) is 2.19. The molecule has 0 spiro atoms. The van der Waals surface area contributed by atoms with Gasteiger partial charge in [-0.1, -0.05) is 0 Å². The highest BCUT2D eigenvalue weighted by atomic mass is 79.9. The van der Waals surface area contributed by atoms with Crippen LogP contribution in [-0.4, -0.2) is 31.1 Å². The summed E-state index contributed by atoms with van der Waals surface area (Å²) in [6, 6.07) is -1.39. The molecule has 0 radical (unpaired) electrons. The number of anilines is 1. The molecule has 0 bridgehead atoms. The van der Waals surface area contributed by atoms with Crippen LogP contribution in [-0.2, 0) is 4.74 Å². The molecular weight excluding hydrogens is 232 g/mol. The van der Waals surface area contributed by atoms with Crippen molar-refractivity contribution in [2.75, 3.05) is 31.0 Å². The Kier molecular flexibility index (Phi) is 0.845. The van der Waals surface area contributed by atoms with E-state index in [1.807, 2.05) is 0 Å². The first-order valence-corrected chi connectivity index (χ1v) is 4.01. The van der Waals surface area contributed by atoms with Crippen LogP contribution in [0, 0.1) is 0 Å². The minimum absolute atomic E-state index is 0.0195. The van der Waals surface area contributed by atoms with Crippen molar-refractivity contribution in [1.82, 2.24) is 4.98 Å². The first kappa shape index (κ1) is 2.70. The van der Waals surface area contributed by atoms with E-state index in [2.05, 4.69) is 25.7 Å². The SMILES string of the molecule is [2H]c1nc(N2C([2H])([2H])C([2H])([2H])OC([2H])([2H])C2([2H])[2H])c([2H])c([2H])c1Br. The molecule has 70 valence electrons. The zero-order valence-electron chi connectivity index (χ0n) is 17.2. The molecule has 4 heteroatoms. The van der Waals surface area contributed by atoms with Gasteiger partial charge in [-0.2, -0.15) is 0 Å². The summed E-state index contributed by atoms with van der Waals surface area (Å²) in [6.45, 7) is -13.2. The van der Waals surface area contributed by atoms with E-state index in [0.717, 1.165) is 0 Å². The summed E-state index contributed by atoms with van der Waals surface area (Å²) in [5, 5.41) is 0. The van der Waals surface area contributed by atoms with Gasteiger partial charge in [-0.3, -0.25) is 0 Å². The second-order valence-electron chi connectivity index (χ2n) is 1.98. The van der Waals surface area contributed by atoms with Crippen molar-refractivity contribution in [3.63, 3.8) is 0 Å². The van der Waals surface area contributed by atoms with E-state index in [9.17, 15) is 0 Å². The summed E-state index contributed by atoms with van der Waals surface area (Å²) < 4.78 is 89.2. The molecule has 0 saturated carbocycles. The van der Waals surface area contributed by atoms with E-state index in [0.29, 0.717) is 0 Å². The van der Waals surface area contributed by atoms with Crippen LogP contribution < -0.4 is 4.90 Å². The Balaban J connectivity index is 2.83. The summed E-state index contributed by atoms with van der Waals surface area (Å²) in [6.07, 6.45) is -0.606. The van der Waals surface area contributed by atoms with E-state index in [-0.39, 0.29) is 9.37 Å². The molecule has 2 rings (SSSR count). The number of aromatic nitrogens is 1. The standard InChI is InChI=1S/C9H11BrN2O/c10-8-1-2-9(11-7-8)12-3-5-13-6-4-12/h1-2,7H,3-6H2/i1D,2D,3D2,4D2,5D2,6D2,7D. The van der Waals surface area contributed by atoms with Crippen LogP contribution in [0.4, 0.5) is 5.82 Å². The Morgan fingerprint density at radius 3 is 3.08 bits per heavy atom. The Labute approximate surface area is 101 Å². The molecule has 0 atom stereocenters. The molecule has 1 aliphatic heterocycles. The lowest BCUT2D eigenvalue weighted by molar-refractivity contribution is 0.122. The second-order valence-corrected chi connectivity index (χ2v) is 2.77. The molecule has 2 heterocycles. The lowest BCUT2D eigenvalue weighted by atomic mass is 10.4. The average molecular weight is 254 g/mol. The van der Waals surface area contributed by atoms with Crippen molar-refractivity contribution in [3.05, 3.63) is 22.7 Å². The van der Waals surface area contributed by atoms with E-state index >= 15 is 0 Å². The maximum absolute atomic E-state index is 7.88. The number of ether oxygens (including phenoxy) is 1. The average Bonchev–Trinajstić information content (AvgIpc) is 2.39. The Hall–Kier alpha value is -0.610. The highest BCUT2D eigenvalue weighted by Crippen LogP contribution is 2.15. The van der Waals surface area contributed by atoms with Crippen LogP contribution in [0.1, 0.15) is 15.1 Å². The molecule has 0 unspecified atom stereocenters. The van der Waals surface area contributed by atoms with Crippen molar-refractivity contribution in [3.8, 4) is 0 Å². The van der Waals surface area contributed by atoms with Crippen molar-refractivity contribution < 1.29 is 19.8 Å². The van der Waals surface area contributed by atoms with Gasteiger partial charge < -0.3 is 9.64 Å². The van der Waals surface area contributed by atoms with Gasteiger partial charge in [-0.15, -0.1) is 0 Å². The molecule has 13 heavy (non-hydrogen) atoms. The monoisotopic (exact) mass is 253 g/mol. The predicted octanol–water partition coefficient (Wildman–Crippen LogP) is 1.68. The van der Waals surface area contributed by atoms with Crippen molar-refractivity contribution in [1.29, 1.82) is 0 Å². The first-order valence-electron chi connectivity index (χ1n) is 8.72. The number of hydrogen-bond acceptors (Lipinski definition) is 3. The van der Waals surface area contributed by atoms with Crippen LogP contribution in [0.25, 0.3) is 0 Å². The molecule has 1 saturated heterocycles. The van der Waals surface area contributed by atoms with Gasteiger partial charge in [0.25, 0.3) is 0 Å². The molecule has 0 amide bonds. The number of hydrogen-bond donors (Lipinski definition) is 0. The molecule has 0 N–H and O–H groups in total. The van der Waals surface area contributed by atoms with Crippen molar-refractivity contribution in [2.45, 2.75) is 0 Å². The molecule has 0 aliphatic carbocycles. The van der Waals surface area contributed by atoms with Crippen LogP contribution >= 0.6 is 15.9 Å². The number of nitrogens with zero attached hydrogens (tertiary/aromatic N) is 2. The fourth-order valence-electron chi connectivity index (χ4n) is 0.671. The lowest BCUT2D eigenvalue weighted by Crippen LogP contribution is -2.36. The Morgan fingerprint density at radius 2 is 2.31 bits per heavy atom. The molecule has 1 fully saturated rings. The second kappa shape index (κ2) is 4.07. The third-order valence-corrected chi connectivity index (χ3v) is 1.55. The topological polar surface area (TPSA) is 25.4 Å². The van der Waals surface area contributed by atoms with Gasteiger partial charge in [0.1, 0.15) is 5.82 Å². The van der Waals surface area contributed by atoms with Crippen LogP contribution in [0.3, 0.4) is 0 Å². The van der Waals surface area contributed by atoms with E-state index in [1.165, 1.54) is 0 Å². The quantitative estimate of drug-likeness (QED) is 0.762. The van der Waals surface area contributed by atoms with Crippen LogP contribution in [0.5, 0.6) is 0 Å². The summed E-state index contributed by atoms with van der Waals surface area (Å²) in [5.74, 6) is -0.876. The number of halogens is 1. The summed E-state index contributed by atoms with van der Waals surface area (Å²) in [5.41, 5.74) is 0. The number of pyridine rings is 1. The van der Waals surface area contributed by atoms with E-state index in [1.54, 1.807) is 0 Å². The minimum atomic E-state index is -3.30. The van der Waals surface area contributed by atoms with Crippen molar-refractivity contribution in [2.24, 2.45) is 0 Å². The summed E-state index contributed by atoms with van der Waals surface area (Å²) >= 11 is 2.85. The maximum Gasteiger partial charge on any atom is 0.128 e. The van der Waals surface area contributed by atoms with Gasteiger partial charge in [0.05, 0.1) is 28.2 Å². The van der Waals surface area contributed by atoms with Gasteiger partial charge in [-0.05, 0) is 28.0 Å². The molecule has 1 aromatic rings. The fraction of sp³-hybridized carbons (Fsp3) is 0.444. The highest BCUT2D eigenvalue weighted by molar-refractivity contribution is 9.10. The Morgan fingerprint density at radius 1 is 1.54 bits per heavy atom. The summed E-state index contributed by atoms with van der Waals surface area (Å²) in [7, 11) is 0. The smallest absolute Gasteiger partial charge is 0.128 e.